The van der Waals surface area contributed by atoms with Crippen molar-refractivity contribution in [2.45, 2.75) is 25.8 Å². The average Bonchev–Trinajstić information content (AvgIpc) is 3.15. The number of carbonyl (C=O) groups is 1. The number of hydrogen-bond acceptors (Lipinski definition) is 5. The van der Waals surface area contributed by atoms with E-state index in [2.05, 4.69) is 6.07 Å². The summed E-state index contributed by atoms with van der Waals surface area (Å²) >= 11 is 0. The predicted octanol–water partition coefficient (Wildman–Crippen LogP) is 3.17. The first-order chi connectivity index (χ1) is 12.2. The Bertz CT molecular complexity index is 720. The van der Waals surface area contributed by atoms with E-state index in [0.717, 1.165) is 5.56 Å². The first-order valence-corrected chi connectivity index (χ1v) is 8.06. The third-order valence-corrected chi connectivity index (χ3v) is 3.85. The van der Waals surface area contributed by atoms with Gasteiger partial charge in [0.25, 0.3) is 0 Å². The molecular weight excluding hydrogens is 320 g/mol. The summed E-state index contributed by atoms with van der Waals surface area (Å²) in [5, 5.41) is 8.80. The Balaban J connectivity index is 1.99. The molecular formula is C19H22N2O4. The minimum absolute atomic E-state index is 0.0126. The van der Waals surface area contributed by atoms with Gasteiger partial charge in [0.2, 0.25) is 5.91 Å². The Morgan fingerprint density at radius 3 is 2.68 bits per heavy atom. The van der Waals surface area contributed by atoms with Crippen molar-refractivity contribution in [1.82, 2.24) is 4.90 Å². The lowest BCUT2D eigenvalue weighted by Gasteiger charge is -2.20. The molecule has 6 heteroatoms. The molecule has 0 unspecified atom stereocenters. The van der Waals surface area contributed by atoms with Gasteiger partial charge in [0.1, 0.15) is 5.76 Å². The number of furan rings is 1. The van der Waals surface area contributed by atoms with Crippen LogP contribution in [0.15, 0.2) is 41.0 Å². The molecule has 1 aromatic heterocycles. The molecule has 2 aromatic rings. The van der Waals surface area contributed by atoms with Gasteiger partial charge in [0.15, 0.2) is 11.5 Å². The van der Waals surface area contributed by atoms with Gasteiger partial charge in [-0.25, -0.2) is 0 Å². The van der Waals surface area contributed by atoms with E-state index in [1.165, 1.54) is 0 Å². The lowest BCUT2D eigenvalue weighted by molar-refractivity contribution is -0.132. The molecule has 0 N–H and O–H groups in total. The number of ether oxygens (including phenoxy) is 2. The van der Waals surface area contributed by atoms with Gasteiger partial charge in [-0.15, -0.1) is 0 Å². The first kappa shape index (κ1) is 18.4. The second-order valence-electron chi connectivity index (χ2n) is 5.49. The second kappa shape index (κ2) is 9.38. The van der Waals surface area contributed by atoms with Crippen molar-refractivity contribution in [1.29, 1.82) is 5.26 Å². The molecule has 1 heterocycles. The van der Waals surface area contributed by atoms with Gasteiger partial charge in [0.05, 0.1) is 39.5 Å². The van der Waals surface area contributed by atoms with Crippen LogP contribution in [0.25, 0.3) is 0 Å². The molecule has 0 saturated carbocycles. The van der Waals surface area contributed by atoms with E-state index in [-0.39, 0.29) is 5.91 Å². The maximum Gasteiger partial charge on any atom is 0.223 e. The van der Waals surface area contributed by atoms with Gasteiger partial charge >= 0.3 is 0 Å². The summed E-state index contributed by atoms with van der Waals surface area (Å²) in [6.45, 7) is 0.765. The topological polar surface area (TPSA) is 75.7 Å². The minimum atomic E-state index is -0.0126. The lowest BCUT2D eigenvalue weighted by atomic mass is 10.1. The zero-order valence-corrected chi connectivity index (χ0v) is 14.5. The van der Waals surface area contributed by atoms with Crippen molar-refractivity contribution in [2.75, 3.05) is 20.8 Å². The van der Waals surface area contributed by atoms with Crippen molar-refractivity contribution >= 4 is 5.91 Å². The largest absolute Gasteiger partial charge is 0.493 e. The molecule has 0 saturated heterocycles. The van der Waals surface area contributed by atoms with E-state index in [4.69, 9.17) is 19.2 Å². The van der Waals surface area contributed by atoms with E-state index in [0.29, 0.717) is 49.6 Å². The molecule has 0 aliphatic carbocycles. The van der Waals surface area contributed by atoms with Gasteiger partial charge in [0, 0.05) is 13.0 Å². The molecule has 132 valence electrons. The summed E-state index contributed by atoms with van der Waals surface area (Å²) in [7, 11) is 3.17. The normalized spacial score (nSPS) is 10.1. The molecule has 0 fully saturated rings. The predicted molar refractivity (Wildman–Crippen MR) is 92.2 cm³/mol. The summed E-state index contributed by atoms with van der Waals surface area (Å²) < 4.78 is 15.8. The molecule has 2 rings (SSSR count). The number of carbonyl (C=O) groups excluding carboxylic acids is 1. The molecule has 1 aromatic carbocycles. The standard InChI is InChI=1S/C19H22N2O4/c1-23-17-8-6-15(13-18(17)24-2)7-9-19(22)21(11-4-10-20)14-16-5-3-12-25-16/h3,5-6,8,12-13H,4,7,9,11,14H2,1-2H3. The number of hydrogen-bond donors (Lipinski definition) is 0. The Kier molecular flexibility index (Phi) is 6.90. The quantitative estimate of drug-likeness (QED) is 0.699. The number of benzene rings is 1. The van der Waals surface area contributed by atoms with Crippen LogP contribution in [0.3, 0.4) is 0 Å². The van der Waals surface area contributed by atoms with Gasteiger partial charge in [-0.2, -0.15) is 5.26 Å². The number of nitriles is 1. The summed E-state index contributed by atoms with van der Waals surface area (Å²) in [5.41, 5.74) is 0.990. The van der Waals surface area contributed by atoms with Crippen LogP contribution >= 0.6 is 0 Å². The SMILES string of the molecule is COc1ccc(CCC(=O)N(CCC#N)Cc2ccco2)cc1OC. The Morgan fingerprint density at radius 2 is 2.04 bits per heavy atom. The number of aryl methyl sites for hydroxylation is 1. The van der Waals surface area contributed by atoms with Crippen LogP contribution in [0.1, 0.15) is 24.2 Å². The monoisotopic (exact) mass is 342 g/mol. The Hall–Kier alpha value is -2.94. The Morgan fingerprint density at radius 1 is 1.24 bits per heavy atom. The molecule has 0 aliphatic rings. The van der Waals surface area contributed by atoms with Crippen molar-refractivity contribution in [3.05, 3.63) is 47.9 Å². The van der Waals surface area contributed by atoms with Gasteiger partial charge in [-0.3, -0.25) is 4.79 Å². The summed E-state index contributed by atoms with van der Waals surface area (Å²) in [5.74, 6) is 1.99. The van der Waals surface area contributed by atoms with Gasteiger partial charge in [-0.1, -0.05) is 6.07 Å². The number of methoxy groups -OCH3 is 2. The van der Waals surface area contributed by atoms with Gasteiger partial charge in [-0.05, 0) is 36.2 Å². The molecule has 6 nitrogen and oxygen atoms in total. The summed E-state index contributed by atoms with van der Waals surface area (Å²) in [6.07, 6.45) is 2.80. The maximum atomic E-state index is 12.5. The highest BCUT2D eigenvalue weighted by Crippen LogP contribution is 2.28. The van der Waals surface area contributed by atoms with Crippen LogP contribution in [0.5, 0.6) is 11.5 Å². The molecule has 0 radical (unpaired) electrons. The smallest absolute Gasteiger partial charge is 0.223 e. The van der Waals surface area contributed by atoms with Crippen LogP contribution in [0.2, 0.25) is 0 Å². The first-order valence-electron chi connectivity index (χ1n) is 8.06. The molecule has 0 spiro atoms. The molecule has 25 heavy (non-hydrogen) atoms. The highest BCUT2D eigenvalue weighted by molar-refractivity contribution is 5.76. The fourth-order valence-electron chi connectivity index (χ4n) is 2.51. The zero-order chi connectivity index (χ0) is 18.1. The average molecular weight is 342 g/mol. The highest BCUT2D eigenvalue weighted by Gasteiger charge is 2.15. The summed E-state index contributed by atoms with van der Waals surface area (Å²) in [4.78, 5) is 14.2. The van der Waals surface area contributed by atoms with Crippen LogP contribution in [0.4, 0.5) is 0 Å². The number of nitrogens with zero attached hydrogens (tertiary/aromatic N) is 2. The van der Waals surface area contributed by atoms with Crippen LogP contribution in [-0.2, 0) is 17.8 Å². The highest BCUT2D eigenvalue weighted by atomic mass is 16.5. The van der Waals surface area contributed by atoms with E-state index in [9.17, 15) is 4.79 Å². The van der Waals surface area contributed by atoms with Crippen molar-refractivity contribution in [3.63, 3.8) is 0 Å². The van der Waals surface area contributed by atoms with E-state index in [1.54, 1.807) is 31.4 Å². The molecule has 0 atom stereocenters. The van der Waals surface area contributed by atoms with Crippen molar-refractivity contribution < 1.29 is 18.7 Å². The van der Waals surface area contributed by atoms with E-state index < -0.39 is 0 Å². The lowest BCUT2D eigenvalue weighted by Crippen LogP contribution is -2.31. The third kappa shape index (κ3) is 5.28. The second-order valence-corrected chi connectivity index (χ2v) is 5.49. The number of amides is 1. The van der Waals surface area contributed by atoms with Crippen LogP contribution < -0.4 is 9.47 Å². The van der Waals surface area contributed by atoms with E-state index >= 15 is 0 Å². The maximum absolute atomic E-state index is 12.5. The van der Waals surface area contributed by atoms with E-state index in [1.807, 2.05) is 24.3 Å². The summed E-state index contributed by atoms with van der Waals surface area (Å²) in [6, 6.07) is 11.3. The molecule has 0 bridgehead atoms. The fourth-order valence-corrected chi connectivity index (χ4v) is 2.51. The van der Waals surface area contributed by atoms with Crippen LogP contribution in [-0.4, -0.2) is 31.6 Å². The molecule has 1 amide bonds. The third-order valence-electron chi connectivity index (χ3n) is 3.85. The van der Waals surface area contributed by atoms with Crippen molar-refractivity contribution in [2.24, 2.45) is 0 Å². The Labute approximate surface area is 147 Å². The van der Waals surface area contributed by atoms with Crippen molar-refractivity contribution in [3.8, 4) is 17.6 Å². The van der Waals surface area contributed by atoms with Crippen LogP contribution in [0, 0.1) is 11.3 Å². The molecule has 0 aliphatic heterocycles. The minimum Gasteiger partial charge on any atom is -0.493 e. The fraction of sp³-hybridized carbons (Fsp3) is 0.368. The number of rotatable bonds is 9. The van der Waals surface area contributed by atoms with Gasteiger partial charge < -0.3 is 18.8 Å². The zero-order valence-electron chi connectivity index (χ0n) is 14.5.